The van der Waals surface area contributed by atoms with Crippen LogP contribution in [0, 0.1) is 0 Å². The fourth-order valence-electron chi connectivity index (χ4n) is 2.37. The molecule has 1 heterocycles. The number of carbonyl (C=O) groups is 2. The quantitative estimate of drug-likeness (QED) is 0.796. The van der Waals surface area contributed by atoms with E-state index in [1.807, 2.05) is 23.1 Å². The van der Waals surface area contributed by atoms with Crippen LogP contribution in [0.5, 0.6) is 0 Å². The molecule has 0 aromatic heterocycles. The lowest BCUT2D eigenvalue weighted by Crippen LogP contribution is -2.50. The van der Waals surface area contributed by atoms with E-state index in [0.717, 1.165) is 18.8 Å². The number of nitrogens with one attached hydrogen (secondary N) is 1. The topological polar surface area (TPSA) is 52.7 Å². The van der Waals surface area contributed by atoms with Crippen molar-refractivity contribution in [2.24, 2.45) is 0 Å². The van der Waals surface area contributed by atoms with E-state index in [9.17, 15) is 9.59 Å². The van der Waals surface area contributed by atoms with Crippen molar-refractivity contribution in [2.75, 3.05) is 45.5 Å². The van der Waals surface area contributed by atoms with Crippen LogP contribution < -0.4 is 5.32 Å². The Balaban J connectivity index is 1.66. The number of hydrogen-bond donors (Lipinski definition) is 1. The summed E-state index contributed by atoms with van der Waals surface area (Å²) in [6.07, 6.45) is 0.564. The van der Waals surface area contributed by atoms with Gasteiger partial charge in [-0.3, -0.25) is 14.5 Å². The van der Waals surface area contributed by atoms with Gasteiger partial charge in [0.15, 0.2) is 0 Å². The van der Waals surface area contributed by atoms with Gasteiger partial charge >= 0.3 is 0 Å². The maximum absolute atomic E-state index is 12.2. The van der Waals surface area contributed by atoms with Crippen molar-refractivity contribution in [3.05, 3.63) is 30.3 Å². The normalized spacial score (nSPS) is 15.6. The fourth-order valence-corrected chi connectivity index (χ4v) is 3.23. The van der Waals surface area contributed by atoms with E-state index in [2.05, 4.69) is 22.3 Å². The first kappa shape index (κ1) is 16.8. The SMILES string of the molecule is CNC(=O)CN1CCN(C(=O)CCSc2ccccc2)CC1. The number of likely N-dealkylation sites (N-methyl/N-ethyl adjacent to an activating group) is 1. The predicted molar refractivity (Wildman–Crippen MR) is 88.9 cm³/mol. The van der Waals surface area contributed by atoms with Crippen LogP contribution in [-0.2, 0) is 9.59 Å². The number of benzene rings is 1. The molecule has 0 unspecified atom stereocenters. The smallest absolute Gasteiger partial charge is 0.233 e. The highest BCUT2D eigenvalue weighted by Crippen LogP contribution is 2.18. The van der Waals surface area contributed by atoms with E-state index >= 15 is 0 Å². The summed E-state index contributed by atoms with van der Waals surface area (Å²) in [6.45, 7) is 3.38. The largest absolute Gasteiger partial charge is 0.358 e. The van der Waals surface area contributed by atoms with Gasteiger partial charge in [0, 0.05) is 50.3 Å². The number of carbonyl (C=O) groups excluding carboxylic acids is 2. The fraction of sp³-hybridized carbons (Fsp3) is 0.500. The Hall–Kier alpha value is -1.53. The van der Waals surface area contributed by atoms with Crippen molar-refractivity contribution in [1.29, 1.82) is 0 Å². The zero-order chi connectivity index (χ0) is 15.8. The van der Waals surface area contributed by atoms with E-state index in [1.54, 1.807) is 18.8 Å². The summed E-state index contributed by atoms with van der Waals surface area (Å²) < 4.78 is 0. The molecule has 0 bridgehead atoms. The lowest BCUT2D eigenvalue weighted by atomic mass is 10.3. The molecule has 6 heteroatoms. The molecule has 0 spiro atoms. The maximum atomic E-state index is 12.2. The lowest BCUT2D eigenvalue weighted by molar-refractivity contribution is -0.132. The first-order valence-electron chi connectivity index (χ1n) is 7.57. The third kappa shape index (κ3) is 5.35. The Morgan fingerprint density at radius 2 is 1.82 bits per heavy atom. The first-order valence-corrected chi connectivity index (χ1v) is 8.56. The Labute approximate surface area is 136 Å². The molecular weight excluding hydrogens is 298 g/mol. The van der Waals surface area contributed by atoms with Crippen LogP contribution in [0.4, 0.5) is 0 Å². The minimum atomic E-state index is 0.0269. The third-order valence-corrected chi connectivity index (χ3v) is 4.71. The average molecular weight is 321 g/mol. The standard InChI is InChI=1S/C16H23N3O2S/c1-17-15(20)13-18-8-10-19(11-9-18)16(21)7-12-22-14-5-3-2-4-6-14/h2-6H,7-13H2,1H3,(H,17,20). The predicted octanol–water partition coefficient (Wildman–Crippen LogP) is 1.06. The van der Waals surface area contributed by atoms with Gasteiger partial charge in [-0.2, -0.15) is 0 Å². The van der Waals surface area contributed by atoms with Crippen molar-refractivity contribution >= 4 is 23.6 Å². The van der Waals surface area contributed by atoms with Crippen LogP contribution in [0.2, 0.25) is 0 Å². The highest BCUT2D eigenvalue weighted by Gasteiger charge is 2.21. The number of hydrogen-bond acceptors (Lipinski definition) is 4. The van der Waals surface area contributed by atoms with Crippen LogP contribution in [0.1, 0.15) is 6.42 Å². The van der Waals surface area contributed by atoms with Crippen LogP contribution in [0.15, 0.2) is 35.2 Å². The van der Waals surface area contributed by atoms with E-state index in [0.29, 0.717) is 26.1 Å². The summed E-state index contributed by atoms with van der Waals surface area (Å²) in [5.74, 6) is 1.04. The molecule has 0 aliphatic carbocycles. The van der Waals surface area contributed by atoms with Crippen LogP contribution in [0.25, 0.3) is 0 Å². The number of amides is 2. The molecule has 2 amide bonds. The van der Waals surface area contributed by atoms with Crippen molar-refractivity contribution < 1.29 is 9.59 Å². The van der Waals surface area contributed by atoms with Crippen molar-refractivity contribution in [3.8, 4) is 0 Å². The highest BCUT2D eigenvalue weighted by molar-refractivity contribution is 7.99. The third-order valence-electron chi connectivity index (χ3n) is 3.70. The van der Waals surface area contributed by atoms with E-state index in [-0.39, 0.29) is 11.8 Å². The second kappa shape index (κ2) is 8.80. The zero-order valence-corrected chi connectivity index (χ0v) is 13.8. The van der Waals surface area contributed by atoms with E-state index in [4.69, 9.17) is 0 Å². The van der Waals surface area contributed by atoms with Crippen molar-refractivity contribution in [3.63, 3.8) is 0 Å². The highest BCUT2D eigenvalue weighted by atomic mass is 32.2. The Morgan fingerprint density at radius 3 is 2.45 bits per heavy atom. The van der Waals surface area contributed by atoms with Crippen LogP contribution in [0.3, 0.4) is 0 Å². The second-order valence-electron chi connectivity index (χ2n) is 5.24. The molecule has 1 aliphatic rings. The molecule has 1 N–H and O–H groups in total. The van der Waals surface area contributed by atoms with Gasteiger partial charge in [0.2, 0.25) is 11.8 Å². The van der Waals surface area contributed by atoms with Gasteiger partial charge in [0.05, 0.1) is 6.54 Å². The molecule has 1 aromatic rings. The molecule has 120 valence electrons. The molecule has 2 rings (SSSR count). The van der Waals surface area contributed by atoms with Gasteiger partial charge in [-0.1, -0.05) is 18.2 Å². The van der Waals surface area contributed by atoms with Gasteiger partial charge in [0.1, 0.15) is 0 Å². The second-order valence-corrected chi connectivity index (χ2v) is 6.41. The molecular formula is C16H23N3O2S. The van der Waals surface area contributed by atoms with Crippen LogP contribution >= 0.6 is 11.8 Å². The summed E-state index contributed by atoms with van der Waals surface area (Å²) in [5.41, 5.74) is 0. The molecule has 1 aromatic carbocycles. The number of nitrogens with zero attached hydrogens (tertiary/aromatic N) is 2. The summed E-state index contributed by atoms with van der Waals surface area (Å²) in [5, 5.41) is 2.63. The van der Waals surface area contributed by atoms with Gasteiger partial charge in [-0.25, -0.2) is 0 Å². The molecule has 5 nitrogen and oxygen atoms in total. The minimum absolute atomic E-state index is 0.0269. The van der Waals surface area contributed by atoms with E-state index in [1.165, 1.54) is 4.90 Å². The molecule has 0 radical (unpaired) electrons. The minimum Gasteiger partial charge on any atom is -0.358 e. The van der Waals surface area contributed by atoms with Crippen molar-refractivity contribution in [1.82, 2.24) is 15.1 Å². The number of thioether (sulfide) groups is 1. The molecule has 0 atom stereocenters. The average Bonchev–Trinajstić information content (AvgIpc) is 2.56. The zero-order valence-electron chi connectivity index (χ0n) is 13.0. The molecule has 22 heavy (non-hydrogen) atoms. The summed E-state index contributed by atoms with van der Waals surface area (Å²) in [4.78, 5) is 28.7. The Kier molecular flexibility index (Phi) is 6.74. The van der Waals surface area contributed by atoms with Gasteiger partial charge in [-0.05, 0) is 12.1 Å². The van der Waals surface area contributed by atoms with Crippen molar-refractivity contribution in [2.45, 2.75) is 11.3 Å². The van der Waals surface area contributed by atoms with Gasteiger partial charge < -0.3 is 10.2 Å². The molecule has 0 saturated carbocycles. The Morgan fingerprint density at radius 1 is 1.14 bits per heavy atom. The lowest BCUT2D eigenvalue weighted by Gasteiger charge is -2.34. The summed E-state index contributed by atoms with van der Waals surface area (Å²) in [6, 6.07) is 10.1. The van der Waals surface area contributed by atoms with Gasteiger partial charge in [-0.15, -0.1) is 11.8 Å². The van der Waals surface area contributed by atoms with Gasteiger partial charge in [0.25, 0.3) is 0 Å². The maximum Gasteiger partial charge on any atom is 0.233 e. The molecule has 1 fully saturated rings. The molecule has 1 aliphatic heterocycles. The monoisotopic (exact) mass is 321 g/mol. The molecule has 1 saturated heterocycles. The summed E-state index contributed by atoms with van der Waals surface area (Å²) in [7, 11) is 1.65. The summed E-state index contributed by atoms with van der Waals surface area (Å²) >= 11 is 1.71. The van der Waals surface area contributed by atoms with E-state index < -0.39 is 0 Å². The number of piperazine rings is 1. The van der Waals surface area contributed by atoms with Crippen LogP contribution in [-0.4, -0.2) is 67.1 Å². The Bertz CT molecular complexity index is 487. The number of rotatable bonds is 6. The first-order chi connectivity index (χ1) is 10.7.